The molecule has 8 heterocycles. The Labute approximate surface area is 735 Å². The molecule has 14 rings (SSSR count). The number of phenolic OH excluding ortho intramolecular Hbond substituents is 3. The van der Waals surface area contributed by atoms with Crippen LogP contribution in [0.15, 0.2) is 114 Å². The number of hydrogen-bond donors (Lipinski definition) is 23. The molecule has 7 aliphatic heterocycles. The molecule has 7 aromatic rings. The van der Waals surface area contributed by atoms with Crippen molar-refractivity contribution in [3.8, 4) is 57.1 Å². The fourth-order valence-electron chi connectivity index (χ4n) is 15.0. The highest BCUT2D eigenvalue weighted by molar-refractivity contribution is 6.42. The molecular weight excluding hydrogens is 1740 g/mol. The van der Waals surface area contributed by atoms with Crippen molar-refractivity contribution in [2.24, 2.45) is 17.4 Å². The molecule has 0 aliphatic carbocycles. The number of halogens is 4. The average molecular weight is 1830 g/mol. The zero-order chi connectivity index (χ0) is 91.4. The van der Waals surface area contributed by atoms with E-state index in [9.17, 15) is 69.9 Å². The monoisotopic (exact) mass is 1830 g/mol. The van der Waals surface area contributed by atoms with Gasteiger partial charge >= 0.3 is 5.69 Å². The summed E-state index contributed by atoms with van der Waals surface area (Å²) in [6, 6.07) is 5.10. The summed E-state index contributed by atoms with van der Waals surface area (Å²) >= 11 is 26.5. The molecule has 9 amide bonds. The second-order valence-corrected chi connectivity index (χ2v) is 32.6. The van der Waals surface area contributed by atoms with Crippen molar-refractivity contribution in [2.75, 3.05) is 25.5 Å². The lowest BCUT2D eigenvalue weighted by Crippen LogP contribution is -2.65. The summed E-state index contributed by atoms with van der Waals surface area (Å²) in [5.74, 6) is -17.3. The van der Waals surface area contributed by atoms with E-state index < -0.39 is 260 Å². The summed E-state index contributed by atoms with van der Waals surface area (Å²) in [6.45, 7) is 5.54. The molecule has 0 saturated carbocycles. The van der Waals surface area contributed by atoms with E-state index in [1.54, 1.807) is 26.8 Å². The van der Waals surface area contributed by atoms with Gasteiger partial charge in [-0.05, 0) is 139 Å². The van der Waals surface area contributed by atoms with Gasteiger partial charge in [-0.3, -0.25) is 64.0 Å². The van der Waals surface area contributed by atoms with Crippen LogP contribution in [-0.2, 0) is 70.3 Å². The number of rotatable bonds is 20. The van der Waals surface area contributed by atoms with Crippen molar-refractivity contribution in [3.63, 3.8) is 0 Å². The average Bonchev–Trinajstić information content (AvgIpc) is 0.764. The molecule has 25 N–H and O–H groups in total. The number of primary amides is 1. The Kier molecular flexibility index (Phi) is 29.2. The first kappa shape index (κ1) is 93.4. The fraction of sp³-hybridized carbons (Fsp3) is 0.383. The van der Waals surface area contributed by atoms with Crippen LogP contribution in [0.5, 0.6) is 46.0 Å². The van der Waals surface area contributed by atoms with Gasteiger partial charge in [0.05, 0.1) is 57.8 Å². The summed E-state index contributed by atoms with van der Waals surface area (Å²) in [5, 5.41) is 137. The Hall–Kier alpha value is -11.8. The first-order chi connectivity index (χ1) is 59.7. The standard InChI is InChI=1S/C81H90Cl4N16O25/c1-31(2)18-45(89-5)71(113)97-62-64(108)35-8-12-49(43(84)22-35)122-51-24-37-25-52(68(51)126-78-69(67(111)66(110)53(30-102)124-78)125-57-29-81(4,70(112)32(3)121-57)90-15-17-101-16-14-55(93-80(101)120)92-56(107)20-33-6-10-41(82)42(83)19-33)123-50-13-9-36(23-44(50)85)65(109)63-76(118)96-61(77(119)99-100-79(87)88)40-26-38(103)27-48(105)58(40)39-21-34(7-11-47(39)104)59(73(115)98-63)95-74(116)60(37)94-72(114)46(28-54(86)106)91-75(62)117/h6-14,16,19,21-27,31-32,45-46,53,57,59-67,69-70,78,89-90,102-105,108-112H,15,17-18,20,28-30H2,1-5H3,(H2,86,106)(H,91,117)(H,94,114)(H,95,116)(H,96,118)(H,97,113)(H,98,115)(H,99,119)(H4,87,88,100)(H,92,93,107,120)/t32-,45+,46-,53+,57-,59+,60+,61+,62+,63-,64+,65+,66+,67-,69+,70+,78-,81-/m0/s1. The molecule has 2 saturated heterocycles. The van der Waals surface area contributed by atoms with Crippen molar-refractivity contribution in [1.82, 2.24) is 62.9 Å². The predicted molar refractivity (Wildman–Crippen MR) is 446 cm³/mol. The third-order valence-corrected chi connectivity index (χ3v) is 22.8. The van der Waals surface area contributed by atoms with Crippen LogP contribution in [0.4, 0.5) is 5.82 Å². The zero-order valence-corrected chi connectivity index (χ0v) is 70.4. The number of amides is 9. The molecule has 45 heteroatoms. The highest BCUT2D eigenvalue weighted by Crippen LogP contribution is 2.50. The molecule has 7 aliphatic rings. The van der Waals surface area contributed by atoms with Gasteiger partial charge in [0.15, 0.2) is 23.9 Å². The number of fused-ring (bicyclic) bond motifs is 15. The maximum absolute atomic E-state index is 16.3. The number of nitrogens with one attached hydrogen (secondary N) is 12. The van der Waals surface area contributed by atoms with Gasteiger partial charge in [0.1, 0.15) is 101 Å². The number of carbonyl (C=O) groups is 9. The Morgan fingerprint density at radius 2 is 1.35 bits per heavy atom. The predicted octanol–water partition coefficient (Wildman–Crippen LogP) is 0.912. The lowest BCUT2D eigenvalue weighted by molar-refractivity contribution is -0.334. The van der Waals surface area contributed by atoms with Crippen LogP contribution in [0.25, 0.3) is 11.1 Å². The van der Waals surface area contributed by atoms with Gasteiger partial charge in [-0.2, -0.15) is 4.98 Å². The number of phenols is 3. The van der Waals surface area contributed by atoms with E-state index in [1.165, 1.54) is 55.1 Å². The lowest BCUT2D eigenvalue weighted by Gasteiger charge is -2.48. The molecule has 2 fully saturated rings. The Balaban J connectivity index is 1.000. The summed E-state index contributed by atoms with van der Waals surface area (Å²) in [4.78, 5) is 150. The SMILES string of the molecule is CN[C@H](CC(C)C)C(=O)N[C@H]1C(=O)N[C@@H](CC(N)=O)C(=O)N[C@H]2C(=O)N[C@H]3C(=O)N[C@H](C(=O)N[C@@H](C(=O)NNC(=N)N)c4cc(O)cc(O)c4-c4cc3ccc4O)[C@H](O)c3ccc(c(Cl)c3)Oc3cc2cc(c3O[C@@H]2O[C@H](CO)[C@@H](O)[C@H](O)[C@H]2O[C@H]2C[C@](C)(NCCn3ccc(NC(=O)Cc4ccc(Cl)c(Cl)c4)nc3=O)[C@H](O)[C@H](C)O2)Oc2ccc(cc2Cl)[C@H]1O. The van der Waals surface area contributed by atoms with Crippen LogP contribution < -0.4 is 90.1 Å². The Morgan fingerprint density at radius 1 is 0.698 bits per heavy atom. The number of carbonyl (C=O) groups excluding carboxylic acids is 9. The zero-order valence-electron chi connectivity index (χ0n) is 67.4. The van der Waals surface area contributed by atoms with E-state index in [0.717, 1.165) is 66.7 Å². The molecule has 1 aromatic heterocycles. The summed E-state index contributed by atoms with van der Waals surface area (Å²) in [7, 11) is 1.46. The number of anilines is 1. The maximum Gasteiger partial charge on any atom is 0.349 e. The van der Waals surface area contributed by atoms with Crippen molar-refractivity contribution in [3.05, 3.63) is 173 Å². The van der Waals surface area contributed by atoms with Gasteiger partial charge in [0.25, 0.3) is 5.91 Å². The lowest BCUT2D eigenvalue weighted by atomic mass is 9.85. The Bertz CT molecular complexity index is 5470. The molecule has 18 atom stereocenters. The molecule has 672 valence electrons. The van der Waals surface area contributed by atoms with E-state index in [-0.39, 0.29) is 76.6 Å². The molecule has 126 heavy (non-hydrogen) atoms. The molecule has 41 nitrogen and oxygen atoms in total. The number of aromatic nitrogens is 2. The van der Waals surface area contributed by atoms with Crippen molar-refractivity contribution in [2.45, 2.75) is 169 Å². The molecule has 0 unspecified atom stereocenters. The van der Waals surface area contributed by atoms with E-state index in [0.29, 0.717) is 5.56 Å². The van der Waals surface area contributed by atoms with Crippen molar-refractivity contribution >= 4 is 111 Å². The first-order valence-corrected chi connectivity index (χ1v) is 40.6. The number of ether oxygens (including phenoxy) is 6. The fourth-order valence-corrected chi connectivity index (χ4v) is 15.8. The minimum Gasteiger partial charge on any atom is -0.508 e. The van der Waals surface area contributed by atoms with Crippen LogP contribution in [0.3, 0.4) is 0 Å². The highest BCUT2D eigenvalue weighted by atomic mass is 35.5. The first-order valence-electron chi connectivity index (χ1n) is 39.1. The maximum atomic E-state index is 16.3. The summed E-state index contributed by atoms with van der Waals surface area (Å²) in [5.41, 5.74) is 10.9. The quantitative estimate of drug-likeness (QED) is 0.0286. The molecule has 0 radical (unpaired) electrons. The number of hydrogen-bond acceptors (Lipinski definition) is 29. The number of nitrogens with two attached hydrogens (primary N) is 2. The van der Waals surface area contributed by atoms with Crippen molar-refractivity contribution < 1.29 is 118 Å². The number of guanidine groups is 1. The van der Waals surface area contributed by atoms with Gasteiger partial charge < -0.3 is 134 Å². The number of aliphatic hydroxyl groups is 6. The minimum atomic E-state index is -2.41. The number of hydrazine groups is 1. The van der Waals surface area contributed by atoms with E-state index in [1.807, 2.05) is 0 Å². The Morgan fingerprint density at radius 3 is 1.98 bits per heavy atom. The van der Waals surface area contributed by atoms with Gasteiger partial charge in [-0.15, -0.1) is 0 Å². The second kappa shape index (κ2) is 39.4. The van der Waals surface area contributed by atoms with Gasteiger partial charge in [0, 0.05) is 48.4 Å². The van der Waals surface area contributed by atoms with E-state index in [4.69, 9.17) is 91.7 Å². The third-order valence-electron chi connectivity index (χ3n) is 21.4. The third kappa shape index (κ3) is 21.1. The van der Waals surface area contributed by atoms with Gasteiger partial charge in [0.2, 0.25) is 65.3 Å². The molecule has 6 aromatic carbocycles. The number of likely N-dealkylation sites (N-methyl/N-ethyl adjacent to an activating group) is 1. The molecule has 0 spiro atoms. The number of aliphatic hydroxyl groups excluding tert-OH is 6. The largest absolute Gasteiger partial charge is 0.508 e. The number of nitrogens with zero attached hydrogens (tertiary/aromatic N) is 2. The van der Waals surface area contributed by atoms with Gasteiger partial charge in [-0.1, -0.05) is 84.5 Å². The minimum absolute atomic E-state index is 0.0462. The van der Waals surface area contributed by atoms with Crippen LogP contribution in [0.2, 0.25) is 20.1 Å². The van der Waals surface area contributed by atoms with Crippen LogP contribution in [0, 0.1) is 11.3 Å². The number of benzene rings is 6. The summed E-state index contributed by atoms with van der Waals surface area (Å²) in [6.07, 6.45) is -18.4. The summed E-state index contributed by atoms with van der Waals surface area (Å²) < 4.78 is 40.6. The van der Waals surface area contributed by atoms with Crippen LogP contribution in [0.1, 0.15) is 111 Å². The van der Waals surface area contributed by atoms with Crippen LogP contribution in [-0.4, -0.2) is 214 Å². The smallest absolute Gasteiger partial charge is 0.349 e. The molecular formula is C81H90Cl4N16O25. The number of aromatic hydroxyl groups is 3. The topological polar surface area (TPSA) is 634 Å². The van der Waals surface area contributed by atoms with Crippen molar-refractivity contribution in [1.29, 1.82) is 5.41 Å². The highest BCUT2D eigenvalue weighted by Gasteiger charge is 2.52. The van der Waals surface area contributed by atoms with E-state index >= 15 is 24.0 Å². The normalized spacial score (nSPS) is 25.8. The second-order valence-electron chi connectivity index (χ2n) is 31.0. The van der Waals surface area contributed by atoms with Gasteiger partial charge in [-0.25, -0.2) is 4.79 Å². The molecule has 11 bridgehead atoms. The van der Waals surface area contributed by atoms with E-state index in [2.05, 4.69) is 63.7 Å². The van der Waals surface area contributed by atoms with Crippen LogP contribution >= 0.6 is 46.4 Å².